The van der Waals surface area contributed by atoms with Crippen LogP contribution in [0.4, 0.5) is 0 Å². The predicted molar refractivity (Wildman–Crippen MR) is 145 cm³/mol. The van der Waals surface area contributed by atoms with Crippen LogP contribution < -0.4 is 0 Å². The van der Waals surface area contributed by atoms with Crippen molar-refractivity contribution in [1.29, 1.82) is 0 Å². The Hall–Kier alpha value is -2.79. The molecule has 0 spiro atoms. The second kappa shape index (κ2) is 11.1. The Kier molecular flexibility index (Phi) is 8.09. The van der Waals surface area contributed by atoms with Gasteiger partial charge in [0.25, 0.3) is 0 Å². The largest absolute Gasteiger partial charge is 0.388 e. The summed E-state index contributed by atoms with van der Waals surface area (Å²) < 4.78 is 0. The van der Waals surface area contributed by atoms with Crippen LogP contribution >= 0.6 is 0 Å². The molecule has 3 aromatic rings. The minimum atomic E-state index is -1.35. The van der Waals surface area contributed by atoms with Gasteiger partial charge in [0.05, 0.1) is 18.6 Å². The van der Waals surface area contributed by atoms with Crippen LogP contribution in [0.3, 0.4) is 0 Å². The maximum absolute atomic E-state index is 13.4. The van der Waals surface area contributed by atoms with E-state index in [1.54, 1.807) is 0 Å². The summed E-state index contributed by atoms with van der Waals surface area (Å²) >= 11 is 0. The molecule has 0 amide bonds. The Bertz CT molecular complexity index is 1080. The molecule has 1 fully saturated rings. The van der Waals surface area contributed by atoms with Gasteiger partial charge in [-0.05, 0) is 60.0 Å². The first-order valence-electron chi connectivity index (χ1n) is 13.1. The number of piperidine rings is 1. The molecule has 1 aliphatic heterocycles. The first-order chi connectivity index (χ1) is 17.2. The zero-order valence-corrected chi connectivity index (χ0v) is 21.7. The van der Waals surface area contributed by atoms with Crippen LogP contribution in [0, 0.1) is 5.92 Å². The summed E-state index contributed by atoms with van der Waals surface area (Å²) in [5, 5.41) is 22.7. The van der Waals surface area contributed by atoms with Crippen molar-refractivity contribution in [2.75, 3.05) is 19.6 Å². The zero-order chi connectivity index (χ0) is 25.8. The highest BCUT2D eigenvalue weighted by molar-refractivity contribution is 5.85. The number of nitrogens with zero attached hydrogens (tertiary/aromatic N) is 1. The van der Waals surface area contributed by atoms with E-state index in [9.17, 15) is 15.0 Å². The van der Waals surface area contributed by atoms with E-state index in [0.29, 0.717) is 19.4 Å². The molecular weight excluding hydrogens is 446 g/mol. The summed E-state index contributed by atoms with van der Waals surface area (Å²) in [7, 11) is 0. The summed E-state index contributed by atoms with van der Waals surface area (Å²) in [5.74, 6) is -0.430. The van der Waals surface area contributed by atoms with Crippen molar-refractivity contribution in [2.45, 2.75) is 57.2 Å². The van der Waals surface area contributed by atoms with Crippen LogP contribution in [-0.2, 0) is 15.8 Å². The summed E-state index contributed by atoms with van der Waals surface area (Å²) in [6, 6.07) is 27.3. The van der Waals surface area contributed by atoms with E-state index in [0.717, 1.165) is 36.2 Å². The van der Waals surface area contributed by atoms with Gasteiger partial charge < -0.3 is 10.2 Å². The van der Waals surface area contributed by atoms with Crippen molar-refractivity contribution in [3.63, 3.8) is 0 Å². The number of aliphatic hydroxyl groups is 2. The summed E-state index contributed by atoms with van der Waals surface area (Å²) in [5.41, 5.74) is 2.45. The normalized spacial score (nSPS) is 18.2. The number of aliphatic hydroxyl groups excluding tert-OH is 1. The molecule has 1 saturated heterocycles. The van der Waals surface area contributed by atoms with E-state index >= 15 is 0 Å². The van der Waals surface area contributed by atoms with Crippen molar-refractivity contribution in [3.8, 4) is 0 Å². The van der Waals surface area contributed by atoms with E-state index in [2.05, 4.69) is 37.8 Å². The third kappa shape index (κ3) is 5.78. The average molecular weight is 486 g/mol. The van der Waals surface area contributed by atoms with Gasteiger partial charge in [0.1, 0.15) is 5.60 Å². The quantitative estimate of drug-likeness (QED) is 0.434. The molecular formula is C32H39NO3. The Morgan fingerprint density at radius 2 is 1.42 bits per heavy atom. The number of benzene rings is 3. The highest BCUT2D eigenvalue weighted by Gasteiger charge is 2.45. The smallest absolute Gasteiger partial charge is 0.153 e. The standard InChI is InChI=1S/C32H39NO3/c1-31(2,3)25-18-16-24(17-19-25)29(34)15-10-21-33-22-20-28(30(35)23-33)32(36,26-11-6-4-7-12-26)27-13-8-5-9-14-27/h4-9,11-14,16-19,28-29,34,36H,10,15,20-23H2,1-3H3. The van der Waals surface area contributed by atoms with Gasteiger partial charge in [-0.2, -0.15) is 0 Å². The number of carbonyl (C=O) groups excluding carboxylic acids is 1. The number of ketones is 1. The Morgan fingerprint density at radius 1 is 0.861 bits per heavy atom. The maximum Gasteiger partial charge on any atom is 0.153 e. The summed E-state index contributed by atoms with van der Waals surface area (Å²) in [6.07, 6.45) is 1.55. The lowest BCUT2D eigenvalue weighted by Gasteiger charge is -2.41. The van der Waals surface area contributed by atoms with E-state index in [-0.39, 0.29) is 11.2 Å². The highest BCUT2D eigenvalue weighted by Crippen LogP contribution is 2.40. The topological polar surface area (TPSA) is 60.8 Å². The number of rotatable bonds is 8. The number of carbonyl (C=O) groups is 1. The van der Waals surface area contributed by atoms with Gasteiger partial charge in [-0.25, -0.2) is 0 Å². The van der Waals surface area contributed by atoms with E-state index in [1.807, 2.05) is 72.8 Å². The number of hydrogen-bond donors (Lipinski definition) is 2. The van der Waals surface area contributed by atoms with Crippen molar-refractivity contribution >= 4 is 5.78 Å². The van der Waals surface area contributed by atoms with Crippen molar-refractivity contribution in [1.82, 2.24) is 4.90 Å². The number of Topliss-reactive ketones (excluding diaryl/α,β-unsaturated/α-hetero) is 1. The third-order valence-corrected chi connectivity index (χ3v) is 7.55. The van der Waals surface area contributed by atoms with Gasteiger partial charge in [-0.1, -0.05) is 106 Å². The Morgan fingerprint density at radius 3 is 1.92 bits per heavy atom. The van der Waals surface area contributed by atoms with E-state index < -0.39 is 17.6 Å². The SMILES string of the molecule is CC(C)(C)c1ccc(C(O)CCCN2CCC(C(O)(c3ccccc3)c3ccccc3)C(=O)C2)cc1. The minimum absolute atomic E-state index is 0.0646. The van der Waals surface area contributed by atoms with E-state index in [4.69, 9.17) is 0 Å². The van der Waals surface area contributed by atoms with Crippen LogP contribution in [0.25, 0.3) is 0 Å². The summed E-state index contributed by atoms with van der Waals surface area (Å²) in [6.45, 7) is 8.37. The molecule has 0 aromatic heterocycles. The van der Waals surface area contributed by atoms with Gasteiger partial charge in [-0.15, -0.1) is 0 Å². The summed E-state index contributed by atoms with van der Waals surface area (Å²) in [4.78, 5) is 15.5. The monoisotopic (exact) mass is 485 g/mol. The third-order valence-electron chi connectivity index (χ3n) is 7.55. The predicted octanol–water partition coefficient (Wildman–Crippen LogP) is 5.62. The lowest BCUT2D eigenvalue weighted by Crippen LogP contribution is -2.50. The Balaban J connectivity index is 1.37. The van der Waals surface area contributed by atoms with Gasteiger partial charge in [-0.3, -0.25) is 9.69 Å². The lowest BCUT2D eigenvalue weighted by atomic mass is 9.71. The molecule has 4 nitrogen and oxygen atoms in total. The van der Waals surface area contributed by atoms with E-state index in [1.165, 1.54) is 5.56 Å². The number of hydrogen-bond acceptors (Lipinski definition) is 4. The molecule has 0 aliphatic carbocycles. The Labute approximate surface area is 215 Å². The molecule has 190 valence electrons. The molecule has 3 aromatic carbocycles. The van der Waals surface area contributed by atoms with Gasteiger partial charge in [0, 0.05) is 0 Å². The van der Waals surface area contributed by atoms with Crippen LogP contribution in [0.2, 0.25) is 0 Å². The van der Waals surface area contributed by atoms with Gasteiger partial charge >= 0.3 is 0 Å². The van der Waals surface area contributed by atoms with Crippen LogP contribution in [-0.4, -0.2) is 40.5 Å². The minimum Gasteiger partial charge on any atom is -0.388 e. The fourth-order valence-corrected chi connectivity index (χ4v) is 5.35. The first-order valence-corrected chi connectivity index (χ1v) is 13.1. The van der Waals surface area contributed by atoms with Crippen LogP contribution in [0.1, 0.15) is 68.4 Å². The second-order valence-corrected chi connectivity index (χ2v) is 11.1. The maximum atomic E-state index is 13.4. The molecule has 0 radical (unpaired) electrons. The molecule has 1 aliphatic rings. The second-order valence-electron chi connectivity index (χ2n) is 11.1. The van der Waals surface area contributed by atoms with Crippen molar-refractivity contribution in [3.05, 3.63) is 107 Å². The fraction of sp³-hybridized carbons (Fsp3) is 0.406. The fourth-order valence-electron chi connectivity index (χ4n) is 5.35. The molecule has 2 N–H and O–H groups in total. The molecule has 0 saturated carbocycles. The zero-order valence-electron chi connectivity index (χ0n) is 21.7. The van der Waals surface area contributed by atoms with Crippen LogP contribution in [0.15, 0.2) is 84.9 Å². The number of likely N-dealkylation sites (tertiary alicyclic amines) is 1. The molecule has 4 rings (SSSR count). The first kappa shape index (κ1) is 26.3. The molecule has 1 heterocycles. The molecule has 2 unspecified atom stereocenters. The van der Waals surface area contributed by atoms with Crippen LogP contribution in [0.5, 0.6) is 0 Å². The van der Waals surface area contributed by atoms with Crippen molar-refractivity contribution in [2.24, 2.45) is 5.92 Å². The highest BCUT2D eigenvalue weighted by atomic mass is 16.3. The molecule has 4 heteroatoms. The molecule has 2 atom stereocenters. The van der Waals surface area contributed by atoms with Gasteiger partial charge in [0.2, 0.25) is 0 Å². The molecule has 36 heavy (non-hydrogen) atoms. The van der Waals surface area contributed by atoms with Gasteiger partial charge in [0.15, 0.2) is 5.78 Å². The average Bonchev–Trinajstić information content (AvgIpc) is 2.89. The lowest BCUT2D eigenvalue weighted by molar-refractivity contribution is -0.136. The molecule has 0 bridgehead atoms. The van der Waals surface area contributed by atoms with Crippen molar-refractivity contribution < 1.29 is 15.0 Å².